The molecule has 0 aliphatic rings. The second kappa shape index (κ2) is 6.79. The molecule has 5 heteroatoms. The Labute approximate surface area is 142 Å². The fourth-order valence-electron chi connectivity index (χ4n) is 2.41. The van der Waals surface area contributed by atoms with E-state index in [-0.39, 0.29) is 5.91 Å². The number of para-hydroxylation sites is 1. The van der Waals surface area contributed by atoms with Crippen LogP contribution < -0.4 is 5.43 Å². The first-order valence-electron chi connectivity index (χ1n) is 7.27. The summed E-state index contributed by atoms with van der Waals surface area (Å²) in [4.78, 5) is 15.3. The fourth-order valence-corrected chi connectivity index (χ4v) is 2.81. The topological polar surface area (TPSA) is 57.2 Å². The molecule has 0 aliphatic heterocycles. The minimum Gasteiger partial charge on any atom is -0.361 e. The molecule has 4 nitrogen and oxygen atoms in total. The van der Waals surface area contributed by atoms with Crippen LogP contribution in [0, 0.1) is 0 Å². The quantitative estimate of drug-likeness (QED) is 0.529. The van der Waals surface area contributed by atoms with Gasteiger partial charge in [0.05, 0.1) is 12.1 Å². The number of halogens is 1. The molecular weight excluding hydrogens is 354 g/mol. The first-order valence-corrected chi connectivity index (χ1v) is 8.07. The summed E-state index contributed by atoms with van der Waals surface area (Å²) < 4.78 is 0.981. The smallest absolute Gasteiger partial charge is 0.244 e. The maximum atomic E-state index is 12.1. The number of amides is 1. The van der Waals surface area contributed by atoms with Gasteiger partial charge in [-0.05, 0) is 36.2 Å². The number of benzene rings is 2. The molecule has 116 valence electrons. The zero-order chi connectivity index (χ0) is 16.2. The molecule has 3 rings (SSSR count). The summed E-state index contributed by atoms with van der Waals surface area (Å²) in [6.45, 7) is 1.87. The number of carbonyl (C=O) groups excluding carboxylic acids is 1. The molecule has 0 saturated heterocycles. The van der Waals surface area contributed by atoms with E-state index in [2.05, 4.69) is 31.4 Å². The monoisotopic (exact) mass is 369 g/mol. The molecular formula is C18H16BrN3O. The molecule has 1 heterocycles. The van der Waals surface area contributed by atoms with Gasteiger partial charge in [0.15, 0.2) is 0 Å². The predicted molar refractivity (Wildman–Crippen MR) is 96.5 cm³/mol. The van der Waals surface area contributed by atoms with E-state index < -0.39 is 0 Å². The molecule has 0 spiro atoms. The highest BCUT2D eigenvalue weighted by Crippen LogP contribution is 2.18. The van der Waals surface area contributed by atoms with Crippen LogP contribution >= 0.6 is 15.9 Å². The third-order valence-corrected chi connectivity index (χ3v) is 4.11. The largest absolute Gasteiger partial charge is 0.361 e. The van der Waals surface area contributed by atoms with E-state index in [1.807, 2.05) is 61.7 Å². The van der Waals surface area contributed by atoms with Gasteiger partial charge >= 0.3 is 0 Å². The molecule has 0 bridgehead atoms. The summed E-state index contributed by atoms with van der Waals surface area (Å²) in [6.07, 6.45) is 2.16. The Morgan fingerprint density at radius 3 is 2.87 bits per heavy atom. The molecule has 1 aromatic heterocycles. The van der Waals surface area contributed by atoms with E-state index in [1.165, 1.54) is 0 Å². The summed E-state index contributed by atoms with van der Waals surface area (Å²) in [5, 5.41) is 5.25. The number of nitrogens with one attached hydrogen (secondary N) is 2. The van der Waals surface area contributed by atoms with Gasteiger partial charge in [0.1, 0.15) is 0 Å². The number of aromatic nitrogens is 1. The van der Waals surface area contributed by atoms with Gasteiger partial charge in [-0.1, -0.05) is 46.3 Å². The lowest BCUT2D eigenvalue weighted by molar-refractivity contribution is -0.120. The molecule has 2 aromatic carbocycles. The van der Waals surface area contributed by atoms with E-state index in [1.54, 1.807) is 0 Å². The van der Waals surface area contributed by atoms with Crippen LogP contribution in [-0.2, 0) is 11.2 Å². The Morgan fingerprint density at radius 1 is 1.22 bits per heavy atom. The average molecular weight is 370 g/mol. The Hall–Kier alpha value is -2.40. The Balaban J connectivity index is 1.69. The predicted octanol–water partition coefficient (Wildman–Crippen LogP) is 4.01. The minimum absolute atomic E-state index is 0.135. The van der Waals surface area contributed by atoms with Crippen LogP contribution in [0.15, 0.2) is 64.3 Å². The number of hydrogen-bond acceptors (Lipinski definition) is 2. The van der Waals surface area contributed by atoms with Gasteiger partial charge in [0.25, 0.3) is 0 Å². The standard InChI is InChI=1S/C18H16BrN3O/c1-12(13-5-4-6-15(19)9-13)21-22-18(23)10-14-11-20-17-8-3-2-7-16(14)17/h2-9,11,20H,10H2,1H3,(H,22,23)/b21-12-. The number of hydrogen-bond donors (Lipinski definition) is 2. The van der Waals surface area contributed by atoms with Crippen molar-refractivity contribution in [3.63, 3.8) is 0 Å². The van der Waals surface area contributed by atoms with Crippen molar-refractivity contribution in [2.45, 2.75) is 13.3 Å². The summed E-state index contributed by atoms with van der Waals surface area (Å²) in [7, 11) is 0. The molecule has 1 amide bonds. The second-order valence-electron chi connectivity index (χ2n) is 5.28. The maximum absolute atomic E-state index is 12.1. The van der Waals surface area contributed by atoms with E-state index >= 15 is 0 Å². The molecule has 0 saturated carbocycles. The number of H-pyrrole nitrogens is 1. The number of hydrazone groups is 1. The van der Waals surface area contributed by atoms with Gasteiger partial charge in [-0.3, -0.25) is 4.79 Å². The van der Waals surface area contributed by atoms with Gasteiger partial charge in [-0.25, -0.2) is 5.43 Å². The molecule has 0 aliphatic carbocycles. The van der Waals surface area contributed by atoms with Crippen molar-refractivity contribution in [3.8, 4) is 0 Å². The Morgan fingerprint density at radius 2 is 2.04 bits per heavy atom. The normalized spacial score (nSPS) is 11.7. The second-order valence-corrected chi connectivity index (χ2v) is 6.19. The van der Waals surface area contributed by atoms with Crippen LogP contribution in [0.2, 0.25) is 0 Å². The van der Waals surface area contributed by atoms with Crippen LogP contribution in [0.3, 0.4) is 0 Å². The van der Waals surface area contributed by atoms with E-state index in [4.69, 9.17) is 0 Å². The summed E-state index contributed by atoms with van der Waals surface area (Å²) in [5.74, 6) is -0.135. The highest BCUT2D eigenvalue weighted by Gasteiger charge is 2.08. The van der Waals surface area contributed by atoms with Gasteiger partial charge < -0.3 is 4.98 Å². The molecule has 23 heavy (non-hydrogen) atoms. The number of fused-ring (bicyclic) bond motifs is 1. The number of nitrogens with zero attached hydrogens (tertiary/aromatic N) is 1. The van der Waals surface area contributed by atoms with Gasteiger partial charge in [0, 0.05) is 21.6 Å². The molecule has 3 aromatic rings. The number of aromatic amines is 1. The third-order valence-electron chi connectivity index (χ3n) is 3.62. The number of carbonyl (C=O) groups is 1. The molecule has 0 unspecified atom stereocenters. The van der Waals surface area contributed by atoms with Crippen molar-refractivity contribution in [1.82, 2.24) is 10.4 Å². The van der Waals surface area contributed by atoms with Gasteiger partial charge in [-0.2, -0.15) is 5.10 Å². The van der Waals surface area contributed by atoms with Crippen molar-refractivity contribution in [2.24, 2.45) is 5.10 Å². The number of rotatable bonds is 4. The first kappa shape index (κ1) is 15.5. The minimum atomic E-state index is -0.135. The lowest BCUT2D eigenvalue weighted by Gasteiger charge is -2.03. The SMILES string of the molecule is C/C(=N/NC(=O)Cc1c[nH]c2ccccc12)c1cccc(Br)c1. The molecule has 2 N–H and O–H groups in total. The van der Waals surface area contributed by atoms with Crippen molar-refractivity contribution >= 4 is 38.5 Å². The van der Waals surface area contributed by atoms with Gasteiger partial charge in [-0.15, -0.1) is 0 Å². The summed E-state index contributed by atoms with van der Waals surface area (Å²) in [5.41, 5.74) is 6.35. The van der Waals surface area contributed by atoms with Crippen LogP contribution in [0.5, 0.6) is 0 Å². The van der Waals surface area contributed by atoms with E-state index in [9.17, 15) is 4.79 Å². The zero-order valence-corrected chi connectivity index (χ0v) is 14.2. The van der Waals surface area contributed by atoms with Crippen molar-refractivity contribution < 1.29 is 4.79 Å². The lowest BCUT2D eigenvalue weighted by atomic mass is 10.1. The summed E-state index contributed by atoms with van der Waals surface area (Å²) in [6, 6.07) is 15.7. The Bertz CT molecular complexity index is 883. The zero-order valence-electron chi connectivity index (χ0n) is 12.6. The van der Waals surface area contributed by atoms with E-state index in [0.717, 1.165) is 32.2 Å². The molecule has 0 atom stereocenters. The van der Waals surface area contributed by atoms with Crippen LogP contribution in [0.1, 0.15) is 18.1 Å². The highest BCUT2D eigenvalue weighted by molar-refractivity contribution is 9.10. The van der Waals surface area contributed by atoms with E-state index in [0.29, 0.717) is 6.42 Å². The fraction of sp³-hybridized carbons (Fsp3) is 0.111. The van der Waals surface area contributed by atoms with Crippen molar-refractivity contribution in [2.75, 3.05) is 0 Å². The lowest BCUT2D eigenvalue weighted by Crippen LogP contribution is -2.21. The van der Waals surface area contributed by atoms with Crippen molar-refractivity contribution in [3.05, 3.63) is 70.3 Å². The third kappa shape index (κ3) is 3.68. The average Bonchev–Trinajstić information content (AvgIpc) is 2.96. The van der Waals surface area contributed by atoms with Crippen LogP contribution in [0.25, 0.3) is 10.9 Å². The molecule has 0 radical (unpaired) electrons. The van der Waals surface area contributed by atoms with Crippen LogP contribution in [-0.4, -0.2) is 16.6 Å². The maximum Gasteiger partial charge on any atom is 0.244 e. The molecule has 0 fully saturated rings. The van der Waals surface area contributed by atoms with Crippen molar-refractivity contribution in [1.29, 1.82) is 0 Å². The highest BCUT2D eigenvalue weighted by atomic mass is 79.9. The van der Waals surface area contributed by atoms with Crippen LogP contribution in [0.4, 0.5) is 0 Å². The van der Waals surface area contributed by atoms with Gasteiger partial charge in [0.2, 0.25) is 5.91 Å². The first-order chi connectivity index (χ1) is 11.1. The Kier molecular flexibility index (Phi) is 4.57. The summed E-state index contributed by atoms with van der Waals surface area (Å²) >= 11 is 3.43.